The molecule has 0 saturated heterocycles. The van der Waals surface area contributed by atoms with Gasteiger partial charge in [-0.25, -0.2) is 8.78 Å². The summed E-state index contributed by atoms with van der Waals surface area (Å²) < 4.78 is 67.2. The van der Waals surface area contributed by atoms with Crippen molar-refractivity contribution in [2.24, 2.45) is 5.73 Å². The lowest BCUT2D eigenvalue weighted by Gasteiger charge is -2.21. The summed E-state index contributed by atoms with van der Waals surface area (Å²) in [7, 11) is 0. The van der Waals surface area contributed by atoms with E-state index in [1.807, 2.05) is 0 Å². The minimum Gasteiger partial charge on any atom is -0.481 e. The Kier molecular flexibility index (Phi) is 4.28. The Morgan fingerprint density at radius 1 is 1.12 bits per heavy atom. The predicted octanol–water partition coefficient (Wildman–Crippen LogP) is 2.62. The highest BCUT2D eigenvalue weighted by molar-refractivity contribution is 5.24. The lowest BCUT2D eigenvalue weighted by Crippen LogP contribution is -2.36. The number of hydrogen-bond donors (Lipinski definition) is 1. The van der Waals surface area contributed by atoms with Gasteiger partial charge in [-0.05, 0) is 6.54 Å². The van der Waals surface area contributed by atoms with E-state index in [1.165, 1.54) is 0 Å². The molecular formula is C10H10F5NO. The second-order valence-corrected chi connectivity index (χ2v) is 3.33. The molecule has 0 aliphatic heterocycles. The number of alkyl halides is 3. The van der Waals surface area contributed by atoms with Gasteiger partial charge in [0, 0.05) is 24.6 Å². The Morgan fingerprint density at radius 3 is 2.06 bits per heavy atom. The van der Waals surface area contributed by atoms with E-state index in [-0.39, 0.29) is 6.54 Å². The van der Waals surface area contributed by atoms with Crippen molar-refractivity contribution in [2.45, 2.75) is 18.7 Å². The molecule has 0 radical (unpaired) electrons. The van der Waals surface area contributed by atoms with E-state index >= 15 is 0 Å². The second kappa shape index (κ2) is 5.31. The van der Waals surface area contributed by atoms with Crippen molar-refractivity contribution in [3.05, 3.63) is 29.8 Å². The summed E-state index contributed by atoms with van der Waals surface area (Å²) in [5.41, 5.74) is 5.01. The normalized spacial score (nSPS) is 13.5. The average Bonchev–Trinajstić information content (AvgIpc) is 2.13. The third-order valence-electron chi connectivity index (χ3n) is 1.91. The van der Waals surface area contributed by atoms with E-state index in [1.54, 1.807) is 0 Å². The maximum absolute atomic E-state index is 12.7. The van der Waals surface area contributed by atoms with Crippen molar-refractivity contribution >= 4 is 0 Å². The summed E-state index contributed by atoms with van der Waals surface area (Å²) >= 11 is 0. The van der Waals surface area contributed by atoms with E-state index in [9.17, 15) is 22.0 Å². The molecule has 0 aliphatic rings. The zero-order valence-corrected chi connectivity index (χ0v) is 8.60. The van der Waals surface area contributed by atoms with Gasteiger partial charge in [0.2, 0.25) is 0 Å². The largest absolute Gasteiger partial charge is 0.481 e. The van der Waals surface area contributed by atoms with Crippen LogP contribution in [0.3, 0.4) is 0 Å². The quantitative estimate of drug-likeness (QED) is 0.839. The van der Waals surface area contributed by atoms with Gasteiger partial charge in [0.1, 0.15) is 17.4 Å². The molecule has 0 aliphatic carbocycles. The molecule has 1 aromatic carbocycles. The van der Waals surface area contributed by atoms with Crippen molar-refractivity contribution in [3.8, 4) is 5.75 Å². The third kappa shape index (κ3) is 4.18. The van der Waals surface area contributed by atoms with Gasteiger partial charge in [0.05, 0.1) is 0 Å². The first kappa shape index (κ1) is 13.7. The van der Waals surface area contributed by atoms with Gasteiger partial charge in [-0.15, -0.1) is 0 Å². The summed E-state index contributed by atoms with van der Waals surface area (Å²) in [4.78, 5) is 0. The van der Waals surface area contributed by atoms with Gasteiger partial charge in [-0.2, -0.15) is 13.2 Å². The standard InChI is InChI=1S/C10H10F5NO/c11-6-3-7(12)5-8(4-6)17-9(1-2-16)10(13,14)15/h3-5,9H,1-2,16H2. The Bertz CT molecular complexity index is 359. The van der Waals surface area contributed by atoms with Crippen LogP contribution in [-0.4, -0.2) is 18.8 Å². The van der Waals surface area contributed by atoms with Gasteiger partial charge in [0.15, 0.2) is 6.10 Å². The molecule has 1 atom stereocenters. The van der Waals surface area contributed by atoms with Gasteiger partial charge in [0.25, 0.3) is 0 Å². The summed E-state index contributed by atoms with van der Waals surface area (Å²) in [6, 6.07) is 1.90. The summed E-state index contributed by atoms with van der Waals surface area (Å²) in [5.74, 6) is -2.53. The Hall–Kier alpha value is -1.37. The lowest BCUT2D eigenvalue weighted by atomic mass is 10.2. The van der Waals surface area contributed by atoms with Crippen LogP contribution in [0.5, 0.6) is 5.75 Å². The van der Waals surface area contributed by atoms with Crippen molar-refractivity contribution in [2.75, 3.05) is 6.54 Å². The lowest BCUT2D eigenvalue weighted by molar-refractivity contribution is -0.196. The maximum Gasteiger partial charge on any atom is 0.425 e. The number of rotatable bonds is 4. The molecule has 1 aromatic rings. The average molecular weight is 255 g/mol. The van der Waals surface area contributed by atoms with Gasteiger partial charge in [-0.1, -0.05) is 0 Å². The van der Waals surface area contributed by atoms with E-state index in [0.29, 0.717) is 18.2 Å². The molecule has 0 bridgehead atoms. The first-order valence-electron chi connectivity index (χ1n) is 4.72. The van der Waals surface area contributed by atoms with Crippen LogP contribution >= 0.6 is 0 Å². The van der Waals surface area contributed by atoms with Crippen LogP contribution in [-0.2, 0) is 0 Å². The van der Waals surface area contributed by atoms with Crippen molar-refractivity contribution in [3.63, 3.8) is 0 Å². The summed E-state index contributed by atoms with van der Waals surface area (Å²) in [6.07, 6.45) is -7.29. The topological polar surface area (TPSA) is 35.2 Å². The molecule has 1 unspecified atom stereocenters. The SMILES string of the molecule is NCCC(Oc1cc(F)cc(F)c1)C(F)(F)F. The van der Waals surface area contributed by atoms with Crippen LogP contribution in [0.15, 0.2) is 18.2 Å². The summed E-state index contributed by atoms with van der Waals surface area (Å²) in [5, 5.41) is 0. The Labute approximate surface area is 94.2 Å². The molecule has 0 fully saturated rings. The Balaban J connectivity index is 2.86. The summed E-state index contributed by atoms with van der Waals surface area (Å²) in [6.45, 7) is -0.248. The number of ether oxygens (including phenoxy) is 1. The molecule has 96 valence electrons. The van der Waals surface area contributed by atoms with Gasteiger partial charge in [-0.3, -0.25) is 0 Å². The van der Waals surface area contributed by atoms with Crippen LogP contribution in [0.2, 0.25) is 0 Å². The van der Waals surface area contributed by atoms with Crippen molar-refractivity contribution < 1.29 is 26.7 Å². The fourth-order valence-corrected chi connectivity index (χ4v) is 1.20. The molecule has 2 nitrogen and oxygen atoms in total. The zero-order chi connectivity index (χ0) is 13.1. The molecule has 0 heterocycles. The smallest absolute Gasteiger partial charge is 0.425 e. The molecule has 7 heteroatoms. The predicted molar refractivity (Wildman–Crippen MR) is 50.5 cm³/mol. The number of halogens is 5. The van der Waals surface area contributed by atoms with Crippen LogP contribution in [0.4, 0.5) is 22.0 Å². The number of nitrogens with two attached hydrogens (primary N) is 1. The molecule has 17 heavy (non-hydrogen) atoms. The van der Waals surface area contributed by atoms with E-state index in [0.717, 1.165) is 0 Å². The zero-order valence-electron chi connectivity index (χ0n) is 8.60. The van der Waals surface area contributed by atoms with Crippen LogP contribution in [0.1, 0.15) is 6.42 Å². The minimum atomic E-state index is -4.64. The van der Waals surface area contributed by atoms with E-state index in [2.05, 4.69) is 4.74 Å². The monoisotopic (exact) mass is 255 g/mol. The first-order valence-corrected chi connectivity index (χ1v) is 4.72. The maximum atomic E-state index is 12.7. The highest BCUT2D eigenvalue weighted by Crippen LogP contribution is 2.27. The van der Waals surface area contributed by atoms with E-state index in [4.69, 9.17) is 5.73 Å². The molecular weight excluding hydrogens is 245 g/mol. The van der Waals surface area contributed by atoms with Gasteiger partial charge < -0.3 is 10.5 Å². The highest BCUT2D eigenvalue weighted by atomic mass is 19.4. The minimum absolute atomic E-state index is 0.248. The van der Waals surface area contributed by atoms with Crippen molar-refractivity contribution in [1.82, 2.24) is 0 Å². The highest BCUT2D eigenvalue weighted by Gasteiger charge is 2.41. The Morgan fingerprint density at radius 2 is 1.65 bits per heavy atom. The third-order valence-corrected chi connectivity index (χ3v) is 1.91. The fourth-order valence-electron chi connectivity index (χ4n) is 1.20. The molecule has 0 amide bonds. The number of benzene rings is 1. The second-order valence-electron chi connectivity index (χ2n) is 3.33. The molecule has 1 rings (SSSR count). The van der Waals surface area contributed by atoms with E-state index < -0.39 is 36.1 Å². The fraction of sp³-hybridized carbons (Fsp3) is 0.400. The number of hydrogen-bond acceptors (Lipinski definition) is 2. The van der Waals surface area contributed by atoms with Crippen LogP contribution in [0, 0.1) is 11.6 Å². The molecule has 0 saturated carbocycles. The van der Waals surface area contributed by atoms with Gasteiger partial charge >= 0.3 is 6.18 Å². The van der Waals surface area contributed by atoms with Crippen molar-refractivity contribution in [1.29, 1.82) is 0 Å². The van der Waals surface area contributed by atoms with Crippen LogP contribution in [0.25, 0.3) is 0 Å². The molecule has 0 aromatic heterocycles. The molecule has 2 N–H and O–H groups in total. The van der Waals surface area contributed by atoms with Crippen LogP contribution < -0.4 is 10.5 Å². The molecule has 0 spiro atoms. The first-order chi connectivity index (χ1) is 7.82.